The third kappa shape index (κ3) is 5.39. The highest BCUT2D eigenvalue weighted by Crippen LogP contribution is 2.32. The number of oxazole rings is 1. The average Bonchev–Trinajstić information content (AvgIpc) is 3.57. The lowest BCUT2D eigenvalue weighted by Gasteiger charge is -2.10. The number of benzene rings is 6. The molecule has 8 rings (SSSR count). The molecular weight excluding hydrogens is 552 g/mol. The minimum absolute atomic E-state index is 0.623. The number of hydrogen-bond donors (Lipinski definition) is 0. The molecule has 0 saturated heterocycles. The van der Waals surface area contributed by atoms with E-state index in [0.717, 1.165) is 55.6 Å². The van der Waals surface area contributed by atoms with Crippen molar-refractivity contribution in [2.24, 2.45) is 0 Å². The Morgan fingerprint density at radius 2 is 0.756 bits per heavy atom. The first-order valence-electron chi connectivity index (χ1n) is 14.8. The maximum absolute atomic E-state index is 5.96. The molecule has 0 aliphatic carbocycles. The monoisotopic (exact) mass is 578 g/mol. The average molecular weight is 579 g/mol. The Kier molecular flexibility index (Phi) is 6.74. The van der Waals surface area contributed by atoms with Gasteiger partial charge in [0.25, 0.3) is 0 Å². The first-order valence-corrected chi connectivity index (χ1v) is 14.8. The molecule has 8 aromatic rings. The van der Waals surface area contributed by atoms with E-state index in [2.05, 4.69) is 77.8 Å². The Morgan fingerprint density at radius 1 is 0.311 bits per heavy atom. The highest BCUT2D eigenvalue weighted by Gasteiger charge is 2.13. The highest BCUT2D eigenvalue weighted by molar-refractivity contribution is 5.79. The topological polar surface area (TPSA) is 64.7 Å². The van der Waals surface area contributed by atoms with Gasteiger partial charge in [0.2, 0.25) is 5.89 Å². The number of para-hydroxylation sites is 2. The Bertz CT molecular complexity index is 2170. The lowest BCUT2D eigenvalue weighted by Crippen LogP contribution is -2.00. The Hall–Kier alpha value is -6.20. The summed E-state index contributed by atoms with van der Waals surface area (Å²) in [7, 11) is 0. The van der Waals surface area contributed by atoms with Crippen LogP contribution in [0.25, 0.3) is 79.0 Å². The second kappa shape index (κ2) is 11.5. The molecule has 2 aromatic heterocycles. The van der Waals surface area contributed by atoms with E-state index >= 15 is 0 Å². The maximum atomic E-state index is 5.96. The summed E-state index contributed by atoms with van der Waals surface area (Å²) >= 11 is 0. The molecule has 0 amide bonds. The molecule has 0 N–H and O–H groups in total. The Labute approximate surface area is 260 Å². The molecule has 0 spiro atoms. The maximum Gasteiger partial charge on any atom is 0.227 e. The number of fused-ring (bicyclic) bond motifs is 1. The lowest BCUT2D eigenvalue weighted by molar-refractivity contribution is 0.620. The fraction of sp³-hybridized carbons (Fsp3) is 0. The van der Waals surface area contributed by atoms with Gasteiger partial charge in [-0.1, -0.05) is 121 Å². The van der Waals surface area contributed by atoms with Crippen LogP contribution in [0.4, 0.5) is 0 Å². The van der Waals surface area contributed by atoms with Crippen LogP contribution < -0.4 is 0 Å². The predicted octanol–water partition coefficient (Wildman–Crippen LogP) is 10.0. The van der Waals surface area contributed by atoms with Crippen LogP contribution in [0, 0.1) is 0 Å². The first kappa shape index (κ1) is 26.4. The van der Waals surface area contributed by atoms with Gasteiger partial charge in [-0.3, -0.25) is 0 Å². The quantitative estimate of drug-likeness (QED) is 0.196. The Balaban J connectivity index is 1.13. The Morgan fingerprint density at radius 3 is 1.36 bits per heavy atom. The van der Waals surface area contributed by atoms with Crippen molar-refractivity contribution >= 4 is 11.1 Å². The van der Waals surface area contributed by atoms with Gasteiger partial charge in [-0.05, 0) is 58.7 Å². The number of hydrogen-bond acceptors (Lipinski definition) is 5. The van der Waals surface area contributed by atoms with Gasteiger partial charge in [0.1, 0.15) is 5.52 Å². The molecule has 0 radical (unpaired) electrons. The SMILES string of the molecule is c1ccc(-c2nc(-c3ccccc3)nc(-c3cccc(-c4cccc(-c5ccc(-c6nc7ccccc7o6)cc5)c4)c3)n2)cc1. The van der Waals surface area contributed by atoms with E-state index in [4.69, 9.17) is 19.4 Å². The zero-order chi connectivity index (χ0) is 30.0. The number of rotatable bonds is 6. The number of nitrogens with zero attached hydrogens (tertiary/aromatic N) is 4. The van der Waals surface area contributed by atoms with E-state index in [1.807, 2.05) is 84.9 Å². The van der Waals surface area contributed by atoms with Crippen LogP contribution in [-0.2, 0) is 0 Å². The summed E-state index contributed by atoms with van der Waals surface area (Å²) in [6.45, 7) is 0. The van der Waals surface area contributed by atoms with E-state index in [0.29, 0.717) is 23.4 Å². The van der Waals surface area contributed by atoms with Gasteiger partial charge in [0.15, 0.2) is 23.1 Å². The molecule has 0 unspecified atom stereocenters. The smallest absolute Gasteiger partial charge is 0.227 e. The fourth-order valence-electron chi connectivity index (χ4n) is 5.45. The minimum atomic E-state index is 0.623. The van der Waals surface area contributed by atoms with Gasteiger partial charge in [-0.2, -0.15) is 0 Å². The van der Waals surface area contributed by atoms with Crippen molar-refractivity contribution in [2.75, 3.05) is 0 Å². The summed E-state index contributed by atoms with van der Waals surface area (Å²) < 4.78 is 5.96. The third-order valence-corrected chi connectivity index (χ3v) is 7.78. The van der Waals surface area contributed by atoms with E-state index < -0.39 is 0 Å². The molecule has 0 saturated carbocycles. The normalized spacial score (nSPS) is 11.1. The van der Waals surface area contributed by atoms with Crippen molar-refractivity contribution in [3.05, 3.63) is 158 Å². The zero-order valence-electron chi connectivity index (χ0n) is 24.2. The van der Waals surface area contributed by atoms with Gasteiger partial charge >= 0.3 is 0 Å². The van der Waals surface area contributed by atoms with Crippen molar-refractivity contribution < 1.29 is 4.42 Å². The van der Waals surface area contributed by atoms with Crippen LogP contribution in [0.1, 0.15) is 0 Å². The van der Waals surface area contributed by atoms with Crippen LogP contribution in [0.15, 0.2) is 162 Å². The molecule has 0 atom stereocenters. The molecule has 0 aliphatic heterocycles. The van der Waals surface area contributed by atoms with Crippen LogP contribution in [0.3, 0.4) is 0 Å². The van der Waals surface area contributed by atoms with E-state index in [1.165, 1.54) is 0 Å². The lowest BCUT2D eigenvalue weighted by atomic mass is 9.97. The predicted molar refractivity (Wildman–Crippen MR) is 180 cm³/mol. The molecule has 0 aliphatic rings. The van der Waals surface area contributed by atoms with Crippen LogP contribution in [0.5, 0.6) is 0 Å². The van der Waals surface area contributed by atoms with Gasteiger partial charge in [-0.15, -0.1) is 0 Å². The molecule has 6 aromatic carbocycles. The van der Waals surface area contributed by atoms with Crippen molar-refractivity contribution in [1.82, 2.24) is 19.9 Å². The van der Waals surface area contributed by atoms with Crippen molar-refractivity contribution in [3.63, 3.8) is 0 Å². The zero-order valence-corrected chi connectivity index (χ0v) is 24.2. The molecule has 0 bridgehead atoms. The summed E-state index contributed by atoms with van der Waals surface area (Å²) in [5.41, 5.74) is 9.85. The second-order valence-electron chi connectivity index (χ2n) is 10.8. The van der Waals surface area contributed by atoms with E-state index in [1.54, 1.807) is 0 Å². The minimum Gasteiger partial charge on any atom is -0.436 e. The van der Waals surface area contributed by atoms with Gasteiger partial charge in [0.05, 0.1) is 0 Å². The van der Waals surface area contributed by atoms with Crippen LogP contribution >= 0.6 is 0 Å². The fourth-order valence-corrected chi connectivity index (χ4v) is 5.45. The molecule has 45 heavy (non-hydrogen) atoms. The summed E-state index contributed by atoms with van der Waals surface area (Å²) in [6, 6.07) is 53.2. The van der Waals surface area contributed by atoms with Crippen LogP contribution in [0.2, 0.25) is 0 Å². The first-order chi connectivity index (χ1) is 22.3. The van der Waals surface area contributed by atoms with E-state index in [9.17, 15) is 0 Å². The number of aromatic nitrogens is 4. The standard InChI is InChI=1S/C40H26N4O/c1-3-11-28(12-4-1)37-42-38(29-13-5-2-6-14-29)44-39(43-37)34-18-10-17-33(26-34)32-16-9-15-31(25-32)27-21-23-30(24-22-27)40-41-35-19-7-8-20-36(35)45-40/h1-26H. The third-order valence-electron chi connectivity index (χ3n) is 7.78. The van der Waals surface area contributed by atoms with Crippen molar-refractivity contribution in [1.29, 1.82) is 0 Å². The van der Waals surface area contributed by atoms with Crippen molar-refractivity contribution in [3.8, 4) is 67.9 Å². The summed E-state index contributed by atoms with van der Waals surface area (Å²) in [5.74, 6) is 2.55. The van der Waals surface area contributed by atoms with Gasteiger partial charge in [-0.25, -0.2) is 19.9 Å². The molecule has 212 valence electrons. The van der Waals surface area contributed by atoms with Gasteiger partial charge < -0.3 is 4.42 Å². The second-order valence-corrected chi connectivity index (χ2v) is 10.8. The molecule has 5 heteroatoms. The van der Waals surface area contributed by atoms with E-state index in [-0.39, 0.29) is 0 Å². The molecular formula is C40H26N4O. The van der Waals surface area contributed by atoms with Crippen LogP contribution in [-0.4, -0.2) is 19.9 Å². The highest BCUT2D eigenvalue weighted by atomic mass is 16.3. The molecule has 2 heterocycles. The van der Waals surface area contributed by atoms with Crippen molar-refractivity contribution in [2.45, 2.75) is 0 Å². The largest absolute Gasteiger partial charge is 0.436 e. The summed E-state index contributed by atoms with van der Waals surface area (Å²) in [5, 5.41) is 0. The molecule has 0 fully saturated rings. The van der Waals surface area contributed by atoms with Gasteiger partial charge in [0, 0.05) is 22.3 Å². The summed E-state index contributed by atoms with van der Waals surface area (Å²) in [6.07, 6.45) is 0. The summed E-state index contributed by atoms with van der Waals surface area (Å²) in [4.78, 5) is 19.3. The molecule has 5 nitrogen and oxygen atoms in total.